The van der Waals surface area contributed by atoms with Crippen molar-refractivity contribution in [1.29, 1.82) is 0 Å². The van der Waals surface area contributed by atoms with E-state index in [4.69, 9.17) is 0 Å². The van der Waals surface area contributed by atoms with E-state index in [1.165, 1.54) is 13.8 Å². The molecule has 0 rings (SSSR count). The van der Waals surface area contributed by atoms with Gasteiger partial charge in [0, 0.05) is 0 Å². The molecule has 0 aromatic carbocycles. The molecule has 0 heterocycles. The fourth-order valence-electron chi connectivity index (χ4n) is 0.311. The standard InChI is InChI=1S/C4H11O4PS2/c1-3-10(5,6)9-11(7,8)4-2/h9H,3-4H2,1-2H3. The maximum atomic E-state index is 10.8. The van der Waals surface area contributed by atoms with Crippen LogP contribution in [0.1, 0.15) is 13.8 Å². The second-order valence-corrected chi connectivity index (χ2v) is 11.4. The minimum atomic E-state index is -3.35. The van der Waals surface area contributed by atoms with Crippen molar-refractivity contribution in [3.63, 3.8) is 0 Å². The van der Waals surface area contributed by atoms with Crippen LogP contribution in [0.2, 0.25) is 0 Å². The van der Waals surface area contributed by atoms with Crippen molar-refractivity contribution in [2.45, 2.75) is 13.8 Å². The topological polar surface area (TPSA) is 68.3 Å². The summed E-state index contributed by atoms with van der Waals surface area (Å²) in [5.41, 5.74) is 0. The van der Waals surface area contributed by atoms with Crippen LogP contribution in [0.5, 0.6) is 0 Å². The second-order valence-electron chi connectivity index (χ2n) is 1.89. The van der Waals surface area contributed by atoms with Gasteiger partial charge in [0.15, 0.2) is 18.9 Å². The zero-order chi connectivity index (χ0) is 9.12. The fraction of sp³-hybridized carbons (Fsp3) is 1.00. The first kappa shape index (κ1) is 11.3. The van der Waals surface area contributed by atoms with Crippen LogP contribution in [0.15, 0.2) is 0 Å². The monoisotopic (exact) mass is 218 g/mol. The van der Waals surface area contributed by atoms with Crippen molar-refractivity contribution >= 4 is 25.9 Å². The third kappa shape index (κ3) is 4.71. The molecule has 0 aliphatic rings. The van der Waals surface area contributed by atoms with Crippen LogP contribution >= 0.6 is 6.98 Å². The summed E-state index contributed by atoms with van der Waals surface area (Å²) >= 11 is 0. The Balaban J connectivity index is 4.54. The SMILES string of the molecule is CCS(=O)(=O)PS(=O)(=O)CC. The first-order chi connectivity index (χ1) is 4.83. The Bertz CT molecular complexity index is 269. The molecule has 0 amide bonds. The molecule has 4 nitrogen and oxygen atoms in total. The molecule has 0 radical (unpaired) electrons. The van der Waals surface area contributed by atoms with E-state index in [-0.39, 0.29) is 11.5 Å². The molecule has 0 unspecified atom stereocenters. The molecule has 0 aromatic rings. The van der Waals surface area contributed by atoms with Crippen molar-refractivity contribution in [1.82, 2.24) is 0 Å². The van der Waals surface area contributed by atoms with Gasteiger partial charge in [-0.3, -0.25) is 0 Å². The van der Waals surface area contributed by atoms with Crippen LogP contribution in [-0.4, -0.2) is 28.3 Å². The first-order valence-corrected chi connectivity index (χ1v) is 8.82. The maximum Gasteiger partial charge on any atom is 0.178 e. The van der Waals surface area contributed by atoms with E-state index in [0.29, 0.717) is 0 Å². The van der Waals surface area contributed by atoms with Crippen LogP contribution in [0.25, 0.3) is 0 Å². The van der Waals surface area contributed by atoms with Crippen molar-refractivity contribution in [3.8, 4) is 0 Å². The summed E-state index contributed by atoms with van der Waals surface area (Å²) in [6.45, 7) is 1.91. The number of hydrogen-bond donors (Lipinski definition) is 0. The average Bonchev–Trinajstić information content (AvgIpc) is 1.86. The lowest BCUT2D eigenvalue weighted by Crippen LogP contribution is -2.02. The molecule has 0 aromatic heterocycles. The highest BCUT2D eigenvalue weighted by atomic mass is 33.1. The van der Waals surface area contributed by atoms with E-state index >= 15 is 0 Å². The average molecular weight is 218 g/mol. The summed E-state index contributed by atoms with van der Waals surface area (Å²) in [5.74, 6) is -0.213. The van der Waals surface area contributed by atoms with Gasteiger partial charge in [0.25, 0.3) is 0 Å². The zero-order valence-corrected chi connectivity index (χ0v) is 9.00. The van der Waals surface area contributed by atoms with E-state index in [0.717, 1.165) is 0 Å². The van der Waals surface area contributed by atoms with Crippen molar-refractivity contribution < 1.29 is 16.8 Å². The summed E-state index contributed by atoms with van der Waals surface area (Å²) in [6.07, 6.45) is 0. The van der Waals surface area contributed by atoms with Gasteiger partial charge in [-0.2, -0.15) is 0 Å². The van der Waals surface area contributed by atoms with Crippen LogP contribution in [-0.2, 0) is 18.9 Å². The third-order valence-corrected chi connectivity index (χ3v) is 10.9. The molecule has 0 saturated carbocycles. The molecule has 68 valence electrons. The van der Waals surface area contributed by atoms with Gasteiger partial charge < -0.3 is 0 Å². The normalized spacial score (nSPS) is 13.3. The molecule has 0 spiro atoms. The predicted molar refractivity (Wildman–Crippen MR) is 47.2 cm³/mol. The van der Waals surface area contributed by atoms with Crippen LogP contribution in [0.3, 0.4) is 0 Å². The van der Waals surface area contributed by atoms with Gasteiger partial charge in [-0.25, -0.2) is 16.8 Å². The van der Waals surface area contributed by atoms with Crippen LogP contribution < -0.4 is 0 Å². The third-order valence-electron chi connectivity index (χ3n) is 1.01. The summed E-state index contributed by atoms with van der Waals surface area (Å²) < 4.78 is 43.2. The lowest BCUT2D eigenvalue weighted by atomic mass is 11.0. The van der Waals surface area contributed by atoms with Crippen LogP contribution in [0, 0.1) is 0 Å². The Kier molecular flexibility index (Phi) is 3.94. The highest BCUT2D eigenvalue weighted by Gasteiger charge is 2.18. The minimum Gasteiger partial charge on any atom is -0.224 e. The van der Waals surface area contributed by atoms with Gasteiger partial charge in [0.2, 0.25) is 0 Å². The lowest BCUT2D eigenvalue weighted by molar-refractivity contribution is 0.609. The summed E-state index contributed by atoms with van der Waals surface area (Å²) in [7, 11) is -6.70. The number of hydrogen-bond acceptors (Lipinski definition) is 4. The molecule has 0 aliphatic heterocycles. The largest absolute Gasteiger partial charge is 0.224 e. The van der Waals surface area contributed by atoms with E-state index < -0.39 is 25.9 Å². The highest BCUT2D eigenvalue weighted by Crippen LogP contribution is 2.29. The van der Waals surface area contributed by atoms with Gasteiger partial charge in [0.05, 0.1) is 11.5 Å². The second kappa shape index (κ2) is 3.83. The molecule has 7 heteroatoms. The maximum absolute atomic E-state index is 10.8. The highest BCUT2D eigenvalue weighted by molar-refractivity contribution is 8.75. The predicted octanol–water partition coefficient (Wildman–Crippen LogP) is 0.364. The zero-order valence-electron chi connectivity index (χ0n) is 6.36. The van der Waals surface area contributed by atoms with Gasteiger partial charge in [0.1, 0.15) is 6.98 Å². The molecular weight excluding hydrogens is 207 g/mol. The van der Waals surface area contributed by atoms with Crippen molar-refractivity contribution in [2.24, 2.45) is 0 Å². The Morgan fingerprint density at radius 3 is 1.36 bits per heavy atom. The van der Waals surface area contributed by atoms with Crippen molar-refractivity contribution in [2.75, 3.05) is 11.5 Å². The summed E-state index contributed by atoms with van der Waals surface area (Å²) in [4.78, 5) is 0. The molecule has 0 atom stereocenters. The minimum absolute atomic E-state index is 0.106. The molecule has 0 saturated heterocycles. The van der Waals surface area contributed by atoms with E-state index in [2.05, 4.69) is 0 Å². The Labute approximate surface area is 68.5 Å². The van der Waals surface area contributed by atoms with E-state index in [1.54, 1.807) is 0 Å². The Hall–Kier alpha value is 0.330. The first-order valence-electron chi connectivity index (χ1n) is 3.07. The van der Waals surface area contributed by atoms with Gasteiger partial charge in [-0.15, -0.1) is 0 Å². The van der Waals surface area contributed by atoms with Crippen molar-refractivity contribution in [3.05, 3.63) is 0 Å². The smallest absolute Gasteiger partial charge is 0.178 e. The Morgan fingerprint density at radius 2 is 1.18 bits per heavy atom. The van der Waals surface area contributed by atoms with Crippen LogP contribution in [0.4, 0.5) is 0 Å². The molecule has 0 aliphatic carbocycles. The van der Waals surface area contributed by atoms with E-state index in [1.807, 2.05) is 0 Å². The van der Waals surface area contributed by atoms with E-state index in [9.17, 15) is 16.8 Å². The molecule has 0 bridgehead atoms. The Morgan fingerprint density at radius 1 is 0.909 bits per heavy atom. The molecule has 11 heavy (non-hydrogen) atoms. The number of rotatable bonds is 4. The molecule has 0 N–H and O–H groups in total. The van der Waals surface area contributed by atoms with Gasteiger partial charge in [-0.1, -0.05) is 13.8 Å². The van der Waals surface area contributed by atoms with Gasteiger partial charge in [-0.05, 0) is 0 Å². The summed E-state index contributed by atoms with van der Waals surface area (Å²) in [5, 5.41) is 0. The van der Waals surface area contributed by atoms with Gasteiger partial charge >= 0.3 is 0 Å². The molecular formula is C4H11O4PS2. The molecule has 0 fully saturated rings. The quantitative estimate of drug-likeness (QED) is 0.639. The fourth-order valence-corrected chi connectivity index (χ4v) is 8.41. The summed E-state index contributed by atoms with van der Waals surface area (Å²) in [6, 6.07) is 0. The lowest BCUT2D eigenvalue weighted by Gasteiger charge is -1.99.